The first-order valence-corrected chi connectivity index (χ1v) is 5.43. The molecule has 0 heterocycles. The molecule has 0 amide bonds. The molecular weight excluding hydrogens is 191 g/mol. The third-order valence-corrected chi connectivity index (χ3v) is 2.59. The quantitative estimate of drug-likeness (QED) is 0.784. The summed E-state index contributed by atoms with van der Waals surface area (Å²) < 4.78 is 13.4. The van der Waals surface area contributed by atoms with Crippen LogP contribution in [0.1, 0.15) is 43.4 Å². The van der Waals surface area contributed by atoms with E-state index < -0.39 is 0 Å². The molecule has 0 aliphatic rings. The second-order valence-corrected chi connectivity index (χ2v) is 3.80. The Morgan fingerprint density at radius 2 is 2.13 bits per heavy atom. The molecule has 1 rings (SSSR count). The van der Waals surface area contributed by atoms with Crippen LogP contribution in [0.5, 0.6) is 0 Å². The molecule has 84 valence electrons. The third-order valence-electron chi connectivity index (χ3n) is 2.59. The predicted octanol–water partition coefficient (Wildman–Crippen LogP) is 2.47. The summed E-state index contributed by atoms with van der Waals surface area (Å²) in [5.74, 6) is -0.248. The second kappa shape index (κ2) is 5.83. The van der Waals surface area contributed by atoms with Crippen molar-refractivity contribution in [3.63, 3.8) is 0 Å². The van der Waals surface area contributed by atoms with Crippen LogP contribution in [-0.2, 0) is 6.54 Å². The zero-order chi connectivity index (χ0) is 11.3. The van der Waals surface area contributed by atoms with Gasteiger partial charge in [-0.15, -0.1) is 0 Å². The molecule has 0 spiro atoms. The standard InChI is InChI=1S/C12H19FN2/c1-2-3-4-12(15)9-5-6-10(8-14)11(13)7-9/h5-7,12H,2-4,8,14-15H2,1H3. The van der Waals surface area contributed by atoms with Crippen molar-refractivity contribution in [3.8, 4) is 0 Å². The number of hydrogen-bond donors (Lipinski definition) is 2. The van der Waals surface area contributed by atoms with Gasteiger partial charge in [0.05, 0.1) is 0 Å². The molecule has 0 saturated heterocycles. The van der Waals surface area contributed by atoms with Crippen molar-refractivity contribution in [2.24, 2.45) is 11.5 Å². The Balaban J connectivity index is 2.73. The van der Waals surface area contributed by atoms with Crippen molar-refractivity contribution in [2.45, 2.75) is 38.8 Å². The topological polar surface area (TPSA) is 52.0 Å². The van der Waals surface area contributed by atoms with E-state index in [1.165, 1.54) is 6.07 Å². The van der Waals surface area contributed by atoms with Crippen molar-refractivity contribution in [2.75, 3.05) is 0 Å². The molecule has 15 heavy (non-hydrogen) atoms. The van der Waals surface area contributed by atoms with Gasteiger partial charge in [0.2, 0.25) is 0 Å². The summed E-state index contributed by atoms with van der Waals surface area (Å²) >= 11 is 0. The van der Waals surface area contributed by atoms with Crippen LogP contribution in [0.3, 0.4) is 0 Å². The Labute approximate surface area is 90.5 Å². The zero-order valence-electron chi connectivity index (χ0n) is 9.17. The van der Waals surface area contributed by atoms with E-state index in [1.807, 2.05) is 6.07 Å². The molecule has 1 aromatic rings. The summed E-state index contributed by atoms with van der Waals surface area (Å²) in [4.78, 5) is 0. The maximum atomic E-state index is 13.4. The first kappa shape index (κ1) is 12.1. The normalized spacial score (nSPS) is 12.8. The van der Waals surface area contributed by atoms with E-state index in [4.69, 9.17) is 11.5 Å². The monoisotopic (exact) mass is 210 g/mol. The van der Waals surface area contributed by atoms with Gasteiger partial charge in [-0.25, -0.2) is 4.39 Å². The van der Waals surface area contributed by atoms with Gasteiger partial charge in [0.15, 0.2) is 0 Å². The van der Waals surface area contributed by atoms with E-state index in [0.717, 1.165) is 24.8 Å². The SMILES string of the molecule is CCCCC(N)c1ccc(CN)c(F)c1. The summed E-state index contributed by atoms with van der Waals surface area (Å²) in [7, 11) is 0. The van der Waals surface area contributed by atoms with E-state index >= 15 is 0 Å². The van der Waals surface area contributed by atoms with Crippen molar-refractivity contribution >= 4 is 0 Å². The number of benzene rings is 1. The van der Waals surface area contributed by atoms with Crippen LogP contribution in [0.25, 0.3) is 0 Å². The first-order chi connectivity index (χ1) is 7.19. The summed E-state index contributed by atoms with van der Waals surface area (Å²) in [5.41, 5.74) is 12.7. The van der Waals surface area contributed by atoms with Crippen LogP contribution in [0.2, 0.25) is 0 Å². The summed E-state index contributed by atoms with van der Waals surface area (Å²) in [6.07, 6.45) is 3.08. The number of hydrogen-bond acceptors (Lipinski definition) is 2. The molecular formula is C12H19FN2. The number of nitrogens with two attached hydrogens (primary N) is 2. The molecule has 0 radical (unpaired) electrons. The van der Waals surface area contributed by atoms with Crippen LogP contribution in [0.15, 0.2) is 18.2 Å². The molecule has 1 atom stereocenters. The summed E-state index contributed by atoms with van der Waals surface area (Å²) in [5, 5.41) is 0. The van der Waals surface area contributed by atoms with Crippen LogP contribution < -0.4 is 11.5 Å². The van der Waals surface area contributed by atoms with Crippen LogP contribution in [0, 0.1) is 5.82 Å². The Kier molecular flexibility index (Phi) is 4.72. The van der Waals surface area contributed by atoms with E-state index in [9.17, 15) is 4.39 Å². The van der Waals surface area contributed by atoms with Gasteiger partial charge in [-0.05, 0) is 18.1 Å². The highest BCUT2D eigenvalue weighted by atomic mass is 19.1. The van der Waals surface area contributed by atoms with Crippen molar-refractivity contribution < 1.29 is 4.39 Å². The molecule has 0 fully saturated rings. The van der Waals surface area contributed by atoms with Gasteiger partial charge in [0.25, 0.3) is 0 Å². The number of unbranched alkanes of at least 4 members (excludes halogenated alkanes) is 1. The Morgan fingerprint density at radius 3 is 2.67 bits per heavy atom. The van der Waals surface area contributed by atoms with Gasteiger partial charge >= 0.3 is 0 Å². The highest BCUT2D eigenvalue weighted by Gasteiger charge is 2.08. The van der Waals surface area contributed by atoms with Gasteiger partial charge < -0.3 is 11.5 Å². The average Bonchev–Trinajstić information content (AvgIpc) is 2.25. The lowest BCUT2D eigenvalue weighted by Crippen LogP contribution is -2.11. The molecule has 1 aromatic carbocycles. The highest BCUT2D eigenvalue weighted by molar-refractivity contribution is 5.26. The van der Waals surface area contributed by atoms with Gasteiger partial charge in [0, 0.05) is 18.2 Å². The summed E-state index contributed by atoms with van der Waals surface area (Å²) in [6, 6.07) is 5.02. The number of rotatable bonds is 5. The molecule has 3 heteroatoms. The fourth-order valence-electron chi connectivity index (χ4n) is 1.55. The molecule has 2 nitrogen and oxygen atoms in total. The maximum absolute atomic E-state index is 13.4. The molecule has 0 saturated carbocycles. The van der Waals surface area contributed by atoms with Crippen molar-refractivity contribution in [3.05, 3.63) is 35.1 Å². The first-order valence-electron chi connectivity index (χ1n) is 5.43. The lowest BCUT2D eigenvalue weighted by molar-refractivity contribution is 0.581. The highest BCUT2D eigenvalue weighted by Crippen LogP contribution is 2.19. The van der Waals surface area contributed by atoms with E-state index in [2.05, 4.69) is 6.92 Å². The average molecular weight is 210 g/mol. The lowest BCUT2D eigenvalue weighted by atomic mass is 10.0. The second-order valence-electron chi connectivity index (χ2n) is 3.80. The lowest BCUT2D eigenvalue weighted by Gasteiger charge is -2.12. The van der Waals surface area contributed by atoms with Gasteiger partial charge in [-0.2, -0.15) is 0 Å². The van der Waals surface area contributed by atoms with Crippen LogP contribution in [-0.4, -0.2) is 0 Å². The maximum Gasteiger partial charge on any atom is 0.128 e. The smallest absolute Gasteiger partial charge is 0.128 e. The van der Waals surface area contributed by atoms with E-state index in [1.54, 1.807) is 6.07 Å². The fourth-order valence-corrected chi connectivity index (χ4v) is 1.55. The van der Waals surface area contributed by atoms with E-state index in [0.29, 0.717) is 5.56 Å². The molecule has 0 aliphatic heterocycles. The van der Waals surface area contributed by atoms with E-state index in [-0.39, 0.29) is 18.4 Å². The van der Waals surface area contributed by atoms with Crippen molar-refractivity contribution in [1.29, 1.82) is 0 Å². The summed E-state index contributed by atoms with van der Waals surface area (Å²) in [6.45, 7) is 2.35. The van der Waals surface area contributed by atoms with Crippen LogP contribution >= 0.6 is 0 Å². The van der Waals surface area contributed by atoms with Crippen molar-refractivity contribution in [1.82, 2.24) is 0 Å². The Morgan fingerprint density at radius 1 is 1.40 bits per heavy atom. The zero-order valence-corrected chi connectivity index (χ0v) is 9.17. The van der Waals surface area contributed by atoms with Gasteiger partial charge in [0.1, 0.15) is 5.82 Å². The predicted molar refractivity (Wildman–Crippen MR) is 60.7 cm³/mol. The molecule has 4 N–H and O–H groups in total. The molecule has 0 aliphatic carbocycles. The Hall–Kier alpha value is -0.930. The van der Waals surface area contributed by atoms with Gasteiger partial charge in [-0.1, -0.05) is 31.9 Å². The minimum absolute atomic E-state index is 0.0636. The largest absolute Gasteiger partial charge is 0.326 e. The minimum atomic E-state index is -0.248. The van der Waals surface area contributed by atoms with Crippen LogP contribution in [0.4, 0.5) is 4.39 Å². The number of halogens is 1. The molecule has 0 aromatic heterocycles. The minimum Gasteiger partial charge on any atom is -0.326 e. The fraction of sp³-hybridized carbons (Fsp3) is 0.500. The molecule has 1 unspecified atom stereocenters. The molecule has 0 bridgehead atoms. The van der Waals surface area contributed by atoms with Gasteiger partial charge in [-0.3, -0.25) is 0 Å². The third kappa shape index (κ3) is 3.29. The Bertz CT molecular complexity index is 312.